The van der Waals surface area contributed by atoms with E-state index in [1.54, 1.807) is 0 Å². The van der Waals surface area contributed by atoms with Crippen LogP contribution in [0.2, 0.25) is 0 Å². The number of fused-ring (bicyclic) bond motifs is 5. The first-order valence-corrected chi connectivity index (χ1v) is 7.73. The highest BCUT2D eigenvalue weighted by atomic mass is 19.1. The van der Waals surface area contributed by atoms with Crippen molar-refractivity contribution >= 4 is 16.9 Å². The first-order valence-electron chi connectivity index (χ1n) is 7.73. The topological polar surface area (TPSA) is 82.6 Å². The van der Waals surface area contributed by atoms with E-state index in [-0.39, 0.29) is 23.1 Å². The van der Waals surface area contributed by atoms with Gasteiger partial charge in [-0.1, -0.05) is 0 Å². The number of carboxylic acids is 1. The summed E-state index contributed by atoms with van der Waals surface area (Å²) in [7, 11) is 0. The number of aliphatic hydroxyl groups is 1. The molecule has 2 atom stereocenters. The molecule has 2 heterocycles. The molecule has 4 rings (SSSR count). The molecule has 0 radical (unpaired) electrons. The fourth-order valence-electron chi connectivity index (χ4n) is 3.27. The number of benzene rings is 2. The van der Waals surface area contributed by atoms with E-state index in [0.717, 1.165) is 18.2 Å². The molecule has 0 fully saturated rings. The van der Waals surface area contributed by atoms with E-state index in [1.807, 2.05) is 0 Å². The van der Waals surface area contributed by atoms with Crippen molar-refractivity contribution in [3.05, 3.63) is 53.3 Å². The Kier molecular flexibility index (Phi) is 3.66. The van der Waals surface area contributed by atoms with Gasteiger partial charge in [0.15, 0.2) is 6.10 Å². The lowest BCUT2D eigenvalue weighted by Crippen LogP contribution is -2.26. The Morgan fingerprint density at radius 1 is 1.19 bits per heavy atom. The summed E-state index contributed by atoms with van der Waals surface area (Å²) >= 11 is 0. The largest absolute Gasteiger partial charge is 0.485 e. The number of halogens is 3. The highest BCUT2D eigenvalue weighted by Crippen LogP contribution is 2.47. The molecule has 2 aromatic carbocycles. The van der Waals surface area contributed by atoms with Crippen molar-refractivity contribution in [1.82, 2.24) is 4.98 Å². The van der Waals surface area contributed by atoms with Crippen LogP contribution in [0.4, 0.5) is 13.2 Å². The van der Waals surface area contributed by atoms with Crippen LogP contribution in [-0.4, -0.2) is 27.3 Å². The number of aromatic amines is 1. The van der Waals surface area contributed by atoms with Gasteiger partial charge in [0.05, 0.1) is 11.2 Å². The van der Waals surface area contributed by atoms with Gasteiger partial charge in [-0.3, -0.25) is 0 Å². The first kappa shape index (κ1) is 16.5. The predicted octanol–water partition coefficient (Wildman–Crippen LogP) is 3.52. The van der Waals surface area contributed by atoms with Gasteiger partial charge in [-0.25, -0.2) is 18.0 Å². The Balaban J connectivity index is 1.97. The quantitative estimate of drug-likeness (QED) is 0.665. The average Bonchev–Trinajstić information content (AvgIpc) is 2.94. The summed E-state index contributed by atoms with van der Waals surface area (Å²) in [5.41, 5.74) is 1.14. The Hall–Kier alpha value is -3.00. The number of nitrogens with one attached hydrogen (secondary N) is 1. The monoisotopic (exact) mass is 363 g/mol. The summed E-state index contributed by atoms with van der Waals surface area (Å²) in [6.45, 7) is 0. The number of rotatable bonds is 3. The third-order valence-corrected chi connectivity index (χ3v) is 4.39. The van der Waals surface area contributed by atoms with E-state index in [0.29, 0.717) is 16.8 Å². The van der Waals surface area contributed by atoms with Crippen molar-refractivity contribution in [2.24, 2.45) is 0 Å². The summed E-state index contributed by atoms with van der Waals surface area (Å²) in [6.07, 6.45) is -3.16. The van der Waals surface area contributed by atoms with Gasteiger partial charge in [0, 0.05) is 35.1 Å². The highest BCUT2D eigenvalue weighted by Gasteiger charge is 2.34. The minimum absolute atomic E-state index is 0.0204. The zero-order valence-electron chi connectivity index (χ0n) is 13.1. The standard InChI is InChI=1S/C18H12F3NO4/c19-7-1-2-9-13(5-7)26-14(6-12(23)18(24)25)15-10-3-8(20)4-11(21)16(10)22-17(9)15/h1-5,12,14,22-23H,6H2,(H,24,25)/t12-,14?/m0/s1. The van der Waals surface area contributed by atoms with Crippen molar-refractivity contribution in [2.45, 2.75) is 18.6 Å². The molecule has 0 aliphatic carbocycles. The number of aliphatic hydroxyl groups excluding tert-OH is 1. The minimum Gasteiger partial charge on any atom is -0.485 e. The summed E-state index contributed by atoms with van der Waals surface area (Å²) in [5, 5.41) is 18.8. The van der Waals surface area contributed by atoms with Crippen molar-refractivity contribution in [3.63, 3.8) is 0 Å². The molecule has 26 heavy (non-hydrogen) atoms. The normalized spacial score (nSPS) is 16.7. The number of carboxylic acid groups (broad SMARTS) is 1. The molecule has 1 aliphatic heterocycles. The number of H-pyrrole nitrogens is 1. The third-order valence-electron chi connectivity index (χ3n) is 4.39. The van der Waals surface area contributed by atoms with Crippen LogP contribution in [0, 0.1) is 17.5 Å². The molecule has 0 saturated carbocycles. The van der Waals surface area contributed by atoms with E-state index in [9.17, 15) is 23.1 Å². The molecule has 5 nitrogen and oxygen atoms in total. The Morgan fingerprint density at radius 2 is 1.96 bits per heavy atom. The van der Waals surface area contributed by atoms with Gasteiger partial charge in [-0.2, -0.15) is 0 Å². The first-order chi connectivity index (χ1) is 12.3. The van der Waals surface area contributed by atoms with Crippen LogP contribution >= 0.6 is 0 Å². The van der Waals surface area contributed by atoms with Crippen molar-refractivity contribution in [2.75, 3.05) is 0 Å². The second-order valence-electron chi connectivity index (χ2n) is 6.06. The molecule has 1 aromatic heterocycles. The second kappa shape index (κ2) is 5.77. The smallest absolute Gasteiger partial charge is 0.332 e. The minimum atomic E-state index is -1.76. The van der Waals surface area contributed by atoms with Crippen LogP contribution in [0.3, 0.4) is 0 Å². The van der Waals surface area contributed by atoms with E-state index in [1.165, 1.54) is 12.1 Å². The maximum Gasteiger partial charge on any atom is 0.332 e. The van der Waals surface area contributed by atoms with Crippen molar-refractivity contribution in [1.29, 1.82) is 0 Å². The van der Waals surface area contributed by atoms with E-state index >= 15 is 0 Å². The lowest BCUT2D eigenvalue weighted by atomic mass is 9.93. The molecule has 134 valence electrons. The highest BCUT2D eigenvalue weighted by molar-refractivity contribution is 5.93. The molecule has 0 spiro atoms. The van der Waals surface area contributed by atoms with Gasteiger partial charge >= 0.3 is 5.97 Å². The van der Waals surface area contributed by atoms with E-state index in [2.05, 4.69) is 4.98 Å². The second-order valence-corrected chi connectivity index (χ2v) is 6.06. The number of aliphatic carboxylic acids is 1. The van der Waals surface area contributed by atoms with Gasteiger partial charge in [-0.15, -0.1) is 0 Å². The molecule has 1 aliphatic rings. The summed E-state index contributed by atoms with van der Waals surface area (Å²) in [4.78, 5) is 13.8. The Labute approximate surface area is 144 Å². The lowest BCUT2D eigenvalue weighted by Gasteiger charge is -2.27. The van der Waals surface area contributed by atoms with Crippen molar-refractivity contribution in [3.8, 4) is 17.0 Å². The van der Waals surface area contributed by atoms with Gasteiger partial charge in [0.25, 0.3) is 0 Å². The van der Waals surface area contributed by atoms with Gasteiger partial charge < -0.3 is 19.9 Å². The molecular formula is C18H12F3NO4. The fourth-order valence-corrected chi connectivity index (χ4v) is 3.27. The van der Waals surface area contributed by atoms with Crippen LogP contribution in [0.15, 0.2) is 30.3 Å². The molecule has 3 aromatic rings. The molecular weight excluding hydrogens is 351 g/mol. The molecule has 1 unspecified atom stereocenters. The van der Waals surface area contributed by atoms with Gasteiger partial charge in [-0.05, 0) is 18.2 Å². The van der Waals surface area contributed by atoms with Crippen LogP contribution < -0.4 is 4.74 Å². The Bertz CT molecular complexity index is 1050. The summed E-state index contributed by atoms with van der Waals surface area (Å²) in [6, 6.07) is 5.56. The summed E-state index contributed by atoms with van der Waals surface area (Å²) in [5.74, 6) is -3.54. The SMILES string of the molecule is O=C(O)[C@@H](O)CC1Oc2cc(F)ccc2-c2[nH]c3c(F)cc(F)cc3c21. The lowest BCUT2D eigenvalue weighted by molar-refractivity contribution is -0.148. The molecule has 0 amide bonds. The zero-order chi connectivity index (χ0) is 18.6. The Morgan fingerprint density at radius 3 is 2.69 bits per heavy atom. The molecule has 0 bridgehead atoms. The van der Waals surface area contributed by atoms with Crippen LogP contribution in [0.1, 0.15) is 18.1 Å². The number of aromatic nitrogens is 1. The van der Waals surface area contributed by atoms with E-state index in [4.69, 9.17) is 9.84 Å². The number of ether oxygens (including phenoxy) is 1. The maximum absolute atomic E-state index is 14.2. The molecule has 8 heteroatoms. The maximum atomic E-state index is 14.2. The van der Waals surface area contributed by atoms with Crippen molar-refractivity contribution < 1.29 is 32.9 Å². The number of hydrogen-bond donors (Lipinski definition) is 3. The van der Waals surface area contributed by atoms with Crippen LogP contribution in [0.5, 0.6) is 5.75 Å². The van der Waals surface area contributed by atoms with Crippen LogP contribution in [-0.2, 0) is 4.79 Å². The van der Waals surface area contributed by atoms with Crippen LogP contribution in [0.25, 0.3) is 22.2 Å². The fraction of sp³-hybridized carbons (Fsp3) is 0.167. The zero-order valence-corrected chi connectivity index (χ0v) is 13.1. The third kappa shape index (κ3) is 2.50. The number of hydrogen-bond acceptors (Lipinski definition) is 3. The van der Waals surface area contributed by atoms with Gasteiger partial charge in [0.1, 0.15) is 29.3 Å². The van der Waals surface area contributed by atoms with E-state index < -0.39 is 35.6 Å². The van der Waals surface area contributed by atoms with Gasteiger partial charge in [0.2, 0.25) is 0 Å². The average molecular weight is 363 g/mol. The number of carbonyl (C=O) groups is 1. The summed E-state index contributed by atoms with van der Waals surface area (Å²) < 4.78 is 47.1. The predicted molar refractivity (Wildman–Crippen MR) is 85.2 cm³/mol. The molecule has 0 saturated heterocycles. The molecule has 3 N–H and O–H groups in total.